The number of pyridine rings is 1. The average molecular weight is 420 g/mol. The first-order valence-corrected chi connectivity index (χ1v) is 9.08. The number of nitrogens with one attached hydrogen (secondary N) is 1. The molecule has 0 aliphatic carbocycles. The number of hydrogen-bond acceptors (Lipinski definition) is 5. The third-order valence-corrected chi connectivity index (χ3v) is 4.98. The van der Waals surface area contributed by atoms with E-state index in [0.29, 0.717) is 24.0 Å². The summed E-state index contributed by atoms with van der Waals surface area (Å²) < 4.78 is 26.3. The number of benzene rings is 1. The number of ether oxygens (including phenoxy) is 2. The van der Waals surface area contributed by atoms with E-state index >= 15 is 0 Å². The number of halogens is 2. The van der Waals surface area contributed by atoms with E-state index in [1.165, 1.54) is 13.8 Å². The Morgan fingerprint density at radius 2 is 2.19 bits per heavy atom. The molecule has 0 saturated heterocycles. The number of aromatic nitrogens is 1. The Hall–Kier alpha value is -2.28. The van der Waals surface area contributed by atoms with E-state index in [1.807, 2.05) is 30.3 Å². The maximum atomic E-state index is 13.8. The summed E-state index contributed by atoms with van der Waals surface area (Å²) in [6.45, 7) is 3.47. The van der Waals surface area contributed by atoms with Crippen LogP contribution in [0.15, 0.2) is 46.8 Å². The minimum atomic E-state index is -1.43. The molecule has 0 fully saturated rings. The molecule has 2 aliphatic rings. The van der Waals surface area contributed by atoms with Crippen LogP contribution in [0.25, 0.3) is 0 Å². The van der Waals surface area contributed by atoms with E-state index in [-0.39, 0.29) is 6.61 Å². The Balaban J connectivity index is 1.83. The largest absolute Gasteiger partial charge is 0.489 e. The summed E-state index contributed by atoms with van der Waals surface area (Å²) >= 11 is 3.53. The van der Waals surface area contributed by atoms with Crippen molar-refractivity contribution < 1.29 is 13.9 Å². The first kappa shape index (κ1) is 17.1. The molecular weight excluding hydrogens is 401 g/mol. The van der Waals surface area contributed by atoms with Crippen LogP contribution in [0.1, 0.15) is 25.0 Å². The second-order valence-corrected chi connectivity index (χ2v) is 8.11. The lowest BCUT2D eigenvalue weighted by Crippen LogP contribution is -2.34. The molecule has 1 atom stereocenters. The molecule has 5 nitrogen and oxygen atoms in total. The predicted molar refractivity (Wildman–Crippen MR) is 100 cm³/mol. The Bertz CT molecular complexity index is 910. The monoisotopic (exact) mass is 419 g/mol. The van der Waals surface area contributed by atoms with Gasteiger partial charge in [-0.2, -0.15) is 0 Å². The highest BCUT2D eigenvalue weighted by Crippen LogP contribution is 2.50. The third-order valence-electron chi connectivity index (χ3n) is 4.49. The highest BCUT2D eigenvalue weighted by atomic mass is 79.9. The number of alkyl halides is 1. The van der Waals surface area contributed by atoms with E-state index in [0.717, 1.165) is 21.3 Å². The summed E-state index contributed by atoms with van der Waals surface area (Å²) in [4.78, 5) is 4.41. The van der Waals surface area contributed by atoms with Gasteiger partial charge in [-0.1, -0.05) is 15.9 Å². The maximum Gasteiger partial charge on any atom is 0.223 e. The molecule has 4 rings (SSSR count). The third kappa shape index (κ3) is 2.90. The molecule has 3 heterocycles. The van der Waals surface area contributed by atoms with Crippen LogP contribution >= 0.6 is 15.9 Å². The van der Waals surface area contributed by atoms with Crippen molar-refractivity contribution in [2.45, 2.75) is 24.9 Å². The van der Waals surface area contributed by atoms with Crippen molar-refractivity contribution in [3.8, 4) is 17.4 Å². The quantitative estimate of drug-likeness (QED) is 0.792. The second kappa shape index (κ2) is 5.87. The molecule has 1 aromatic heterocycles. The van der Waals surface area contributed by atoms with Crippen LogP contribution in [0, 0.1) is 0 Å². The highest BCUT2D eigenvalue weighted by molar-refractivity contribution is 9.10. The van der Waals surface area contributed by atoms with Crippen LogP contribution in [-0.2, 0) is 5.41 Å². The zero-order valence-corrected chi connectivity index (χ0v) is 16.1. The molecular formula is C19H19BrFN3O2. The zero-order valence-electron chi connectivity index (χ0n) is 14.5. The standard InChI is InChI=1S/C19H19BrFN3O2/c1-18(2,21)10-25-12-6-14-17(23-8-12)26-15-4-3-11(20)5-13(15)19(14)7-16(22)24-9-19/h3-8,24H,9-10,22H2,1-2H3/t19-/m0/s1. The first-order valence-electron chi connectivity index (χ1n) is 8.29. The van der Waals surface area contributed by atoms with Gasteiger partial charge in [-0.25, -0.2) is 9.37 Å². The Labute approximate surface area is 159 Å². The van der Waals surface area contributed by atoms with Crippen molar-refractivity contribution in [2.75, 3.05) is 13.2 Å². The molecule has 3 N–H and O–H groups in total. The molecule has 1 aromatic carbocycles. The molecule has 136 valence electrons. The van der Waals surface area contributed by atoms with Crippen LogP contribution < -0.4 is 20.5 Å². The maximum absolute atomic E-state index is 13.8. The van der Waals surface area contributed by atoms with Crippen molar-refractivity contribution >= 4 is 15.9 Å². The van der Waals surface area contributed by atoms with Gasteiger partial charge in [0.15, 0.2) is 0 Å². The van der Waals surface area contributed by atoms with E-state index in [4.69, 9.17) is 15.2 Å². The Kier molecular flexibility index (Phi) is 3.87. The summed E-state index contributed by atoms with van der Waals surface area (Å²) in [7, 11) is 0. The van der Waals surface area contributed by atoms with Gasteiger partial charge in [0, 0.05) is 22.1 Å². The highest BCUT2D eigenvalue weighted by Gasteiger charge is 2.44. The molecule has 0 amide bonds. The minimum Gasteiger partial charge on any atom is -0.489 e. The van der Waals surface area contributed by atoms with Gasteiger partial charge >= 0.3 is 0 Å². The summed E-state index contributed by atoms with van der Waals surface area (Å²) in [5.74, 6) is 2.33. The summed E-state index contributed by atoms with van der Waals surface area (Å²) in [6.07, 6.45) is 3.53. The number of nitrogens with two attached hydrogens (primary N) is 1. The van der Waals surface area contributed by atoms with Gasteiger partial charge in [0.2, 0.25) is 5.88 Å². The summed E-state index contributed by atoms with van der Waals surface area (Å²) in [6, 6.07) is 7.71. The van der Waals surface area contributed by atoms with Crippen LogP contribution in [0.4, 0.5) is 4.39 Å². The second-order valence-electron chi connectivity index (χ2n) is 7.20. The van der Waals surface area contributed by atoms with Gasteiger partial charge in [0.1, 0.15) is 23.8 Å². The smallest absolute Gasteiger partial charge is 0.223 e. The molecule has 2 aliphatic heterocycles. The lowest BCUT2D eigenvalue weighted by Gasteiger charge is -2.35. The molecule has 0 bridgehead atoms. The van der Waals surface area contributed by atoms with E-state index < -0.39 is 11.1 Å². The molecule has 2 aromatic rings. The minimum absolute atomic E-state index is 0.0559. The topological polar surface area (TPSA) is 69.4 Å². The number of rotatable bonds is 3. The molecule has 7 heteroatoms. The Morgan fingerprint density at radius 3 is 2.88 bits per heavy atom. The lowest BCUT2D eigenvalue weighted by molar-refractivity contribution is 0.120. The van der Waals surface area contributed by atoms with Crippen molar-refractivity contribution in [1.29, 1.82) is 0 Å². The van der Waals surface area contributed by atoms with Crippen molar-refractivity contribution in [2.24, 2.45) is 5.73 Å². The van der Waals surface area contributed by atoms with Gasteiger partial charge < -0.3 is 20.5 Å². The number of hydrogen-bond donors (Lipinski definition) is 2. The van der Waals surface area contributed by atoms with E-state index in [2.05, 4.69) is 26.2 Å². The van der Waals surface area contributed by atoms with Gasteiger partial charge in [-0.05, 0) is 44.2 Å². The first-order chi connectivity index (χ1) is 12.3. The molecule has 0 unspecified atom stereocenters. The van der Waals surface area contributed by atoms with Crippen LogP contribution in [0.3, 0.4) is 0 Å². The lowest BCUT2D eigenvalue weighted by atomic mass is 9.74. The molecule has 0 saturated carbocycles. The van der Waals surface area contributed by atoms with Crippen molar-refractivity contribution in [3.05, 3.63) is 58.0 Å². The number of nitrogens with zero attached hydrogens (tertiary/aromatic N) is 1. The fourth-order valence-corrected chi connectivity index (χ4v) is 3.67. The fraction of sp³-hybridized carbons (Fsp3) is 0.316. The normalized spacial score (nSPS) is 20.7. The molecule has 0 radical (unpaired) electrons. The van der Waals surface area contributed by atoms with Gasteiger partial charge in [0.05, 0.1) is 17.4 Å². The van der Waals surface area contributed by atoms with Crippen LogP contribution in [-0.4, -0.2) is 23.8 Å². The predicted octanol–water partition coefficient (Wildman–Crippen LogP) is 3.77. The van der Waals surface area contributed by atoms with Crippen LogP contribution in [0.2, 0.25) is 0 Å². The summed E-state index contributed by atoms with van der Waals surface area (Å²) in [5, 5.41) is 3.20. The molecule has 26 heavy (non-hydrogen) atoms. The Morgan fingerprint density at radius 1 is 1.38 bits per heavy atom. The van der Waals surface area contributed by atoms with Gasteiger partial charge in [-0.3, -0.25) is 0 Å². The van der Waals surface area contributed by atoms with Crippen molar-refractivity contribution in [3.63, 3.8) is 0 Å². The zero-order chi connectivity index (χ0) is 18.5. The summed E-state index contributed by atoms with van der Waals surface area (Å²) in [5.41, 5.74) is 5.91. The average Bonchev–Trinajstić information content (AvgIpc) is 2.96. The van der Waals surface area contributed by atoms with Gasteiger partial charge in [0.25, 0.3) is 0 Å². The van der Waals surface area contributed by atoms with Crippen molar-refractivity contribution in [1.82, 2.24) is 10.3 Å². The number of fused-ring (bicyclic) bond motifs is 4. The van der Waals surface area contributed by atoms with E-state index in [1.54, 1.807) is 6.20 Å². The van der Waals surface area contributed by atoms with Crippen LogP contribution in [0.5, 0.6) is 17.4 Å². The fourth-order valence-electron chi connectivity index (χ4n) is 3.31. The van der Waals surface area contributed by atoms with Gasteiger partial charge in [-0.15, -0.1) is 0 Å². The van der Waals surface area contributed by atoms with E-state index in [9.17, 15) is 4.39 Å². The molecule has 1 spiro atoms. The SMILES string of the molecule is CC(C)(F)COc1cnc2c(c1)[C@]1(C=C(N)NC1)c1cc(Br)ccc1O2.